The van der Waals surface area contributed by atoms with Crippen LogP contribution in [0.3, 0.4) is 0 Å². The Hall–Kier alpha value is -4.54. The Balaban J connectivity index is 1.56. The van der Waals surface area contributed by atoms with E-state index in [0.717, 1.165) is 28.3 Å². The summed E-state index contributed by atoms with van der Waals surface area (Å²) in [6.45, 7) is 2.65. The fourth-order valence-electron chi connectivity index (χ4n) is 5.28. The summed E-state index contributed by atoms with van der Waals surface area (Å²) in [5.74, 6) is -0.00788. The van der Waals surface area contributed by atoms with Crippen molar-refractivity contribution < 1.29 is 27.5 Å². The van der Waals surface area contributed by atoms with Crippen LogP contribution in [-0.2, 0) is 32.6 Å². The number of anilines is 1. The summed E-state index contributed by atoms with van der Waals surface area (Å²) < 4.78 is 40.9. The zero-order valence-corrected chi connectivity index (χ0v) is 27.8. The maximum Gasteiger partial charge on any atom is 0.264 e. The Kier molecular flexibility index (Phi) is 11.4. The summed E-state index contributed by atoms with van der Waals surface area (Å²) >= 11 is 6.16. The van der Waals surface area contributed by atoms with Crippen molar-refractivity contribution in [1.82, 2.24) is 10.2 Å². The zero-order valence-electron chi connectivity index (χ0n) is 26.2. The predicted octanol–water partition coefficient (Wildman–Crippen LogP) is 5.86. The summed E-state index contributed by atoms with van der Waals surface area (Å²) in [4.78, 5) is 29.9. The quantitative estimate of drug-likeness (QED) is 0.168. The first-order valence-electron chi connectivity index (χ1n) is 15.6. The van der Waals surface area contributed by atoms with Gasteiger partial charge in [-0.1, -0.05) is 85.6 Å². The molecule has 0 bridgehead atoms. The van der Waals surface area contributed by atoms with Gasteiger partial charge in [-0.2, -0.15) is 0 Å². The number of carbonyl (C=O) groups excluding carboxylic acids is 2. The molecule has 2 amide bonds. The number of amides is 2. The lowest BCUT2D eigenvalue weighted by Gasteiger charge is -2.34. The first kappa shape index (κ1) is 33.8. The molecule has 0 saturated heterocycles. The van der Waals surface area contributed by atoms with Crippen molar-refractivity contribution in [3.63, 3.8) is 0 Å². The van der Waals surface area contributed by atoms with E-state index in [1.54, 1.807) is 60.7 Å². The summed E-state index contributed by atoms with van der Waals surface area (Å²) in [6, 6.07) is 28.2. The molecule has 1 heterocycles. The minimum Gasteiger partial charge on any atom is -0.486 e. The number of fused-ring (bicyclic) bond motifs is 1. The van der Waals surface area contributed by atoms with Crippen LogP contribution in [0.4, 0.5) is 5.69 Å². The third-order valence-electron chi connectivity index (χ3n) is 7.79. The highest BCUT2D eigenvalue weighted by atomic mass is 35.5. The molecule has 11 heteroatoms. The van der Waals surface area contributed by atoms with Gasteiger partial charge in [-0.25, -0.2) is 8.42 Å². The Morgan fingerprint density at radius 1 is 0.851 bits per heavy atom. The van der Waals surface area contributed by atoms with Crippen LogP contribution < -0.4 is 19.1 Å². The van der Waals surface area contributed by atoms with Crippen molar-refractivity contribution in [3.8, 4) is 11.5 Å². The molecule has 0 saturated carbocycles. The molecule has 4 aromatic rings. The third kappa shape index (κ3) is 8.64. The van der Waals surface area contributed by atoms with Gasteiger partial charge in [0.15, 0.2) is 11.5 Å². The average Bonchev–Trinajstić information content (AvgIpc) is 3.10. The summed E-state index contributed by atoms with van der Waals surface area (Å²) in [7, 11) is -4.24. The number of halogens is 1. The van der Waals surface area contributed by atoms with Crippen molar-refractivity contribution >= 4 is 39.1 Å². The fraction of sp³-hybridized carbons (Fsp3) is 0.278. The first-order valence-corrected chi connectivity index (χ1v) is 17.4. The highest BCUT2D eigenvalue weighted by molar-refractivity contribution is 7.92. The third-order valence-corrected chi connectivity index (χ3v) is 9.83. The van der Waals surface area contributed by atoms with E-state index in [-0.39, 0.29) is 29.5 Å². The van der Waals surface area contributed by atoms with Crippen LogP contribution in [0.25, 0.3) is 0 Å². The van der Waals surface area contributed by atoms with Crippen molar-refractivity contribution in [3.05, 3.63) is 119 Å². The highest BCUT2D eigenvalue weighted by Crippen LogP contribution is 2.36. The standard InChI is InChI=1S/C36H38ClN3O6S/c1-2-3-20-38-36(42)32(23-27-10-6-4-7-11-27)39(25-28-14-16-29(37)17-15-28)35(41)26-40(47(43,44)31-12-8-5-9-13-31)30-18-19-33-34(24-30)46-22-21-45-33/h4-19,24,32H,2-3,20-23,25-26H2,1H3,(H,38,42)/t32-/m1/s1. The van der Waals surface area contributed by atoms with Crippen molar-refractivity contribution in [2.45, 2.75) is 43.7 Å². The molecule has 4 aromatic carbocycles. The van der Waals surface area contributed by atoms with Crippen LogP contribution >= 0.6 is 11.6 Å². The van der Waals surface area contributed by atoms with Gasteiger partial charge in [0, 0.05) is 30.6 Å². The fourth-order valence-corrected chi connectivity index (χ4v) is 6.84. The number of unbranched alkanes of at least 4 members (excludes halogenated alkanes) is 1. The van der Waals surface area contributed by atoms with Gasteiger partial charge >= 0.3 is 0 Å². The molecule has 0 fully saturated rings. The first-order chi connectivity index (χ1) is 22.8. The van der Waals surface area contributed by atoms with E-state index in [1.165, 1.54) is 17.0 Å². The molecule has 0 radical (unpaired) electrons. The second-order valence-electron chi connectivity index (χ2n) is 11.2. The van der Waals surface area contributed by atoms with E-state index < -0.39 is 28.5 Å². The molecule has 0 spiro atoms. The maximum absolute atomic E-state index is 14.6. The monoisotopic (exact) mass is 675 g/mol. The lowest BCUT2D eigenvalue weighted by atomic mass is 10.0. The second-order valence-corrected chi connectivity index (χ2v) is 13.4. The van der Waals surface area contributed by atoms with E-state index in [2.05, 4.69) is 5.32 Å². The molecule has 246 valence electrons. The van der Waals surface area contributed by atoms with Crippen LogP contribution in [0.15, 0.2) is 108 Å². The number of nitrogens with zero attached hydrogens (tertiary/aromatic N) is 2. The normalized spacial score (nSPS) is 13.0. The maximum atomic E-state index is 14.6. The van der Waals surface area contributed by atoms with Crippen LogP contribution in [0.2, 0.25) is 5.02 Å². The number of carbonyl (C=O) groups is 2. The number of rotatable bonds is 14. The van der Waals surface area contributed by atoms with Crippen molar-refractivity contribution in [2.24, 2.45) is 0 Å². The Morgan fingerprint density at radius 2 is 1.51 bits per heavy atom. The van der Waals surface area contributed by atoms with Crippen LogP contribution in [0.1, 0.15) is 30.9 Å². The number of hydrogen-bond donors (Lipinski definition) is 1. The molecule has 1 atom stereocenters. The molecule has 0 unspecified atom stereocenters. The zero-order chi connectivity index (χ0) is 33.2. The SMILES string of the molecule is CCCCNC(=O)[C@@H](Cc1ccccc1)N(Cc1ccc(Cl)cc1)C(=O)CN(c1ccc2c(c1)OCCO2)S(=O)(=O)c1ccccc1. The molecule has 0 aliphatic carbocycles. The molecule has 47 heavy (non-hydrogen) atoms. The lowest BCUT2D eigenvalue weighted by Crippen LogP contribution is -2.53. The molecule has 9 nitrogen and oxygen atoms in total. The summed E-state index contributed by atoms with van der Waals surface area (Å²) in [5, 5.41) is 3.52. The van der Waals surface area contributed by atoms with Gasteiger partial charge in [-0.05, 0) is 53.9 Å². The molecule has 0 aromatic heterocycles. The predicted molar refractivity (Wildman–Crippen MR) is 182 cm³/mol. The van der Waals surface area contributed by atoms with Gasteiger partial charge < -0.3 is 19.7 Å². The van der Waals surface area contributed by atoms with E-state index >= 15 is 0 Å². The smallest absolute Gasteiger partial charge is 0.264 e. The van der Waals surface area contributed by atoms with Crippen LogP contribution in [0, 0.1) is 0 Å². The molecular formula is C36H38ClN3O6S. The van der Waals surface area contributed by atoms with E-state index in [0.29, 0.717) is 36.3 Å². The van der Waals surface area contributed by atoms with Crippen LogP contribution in [0.5, 0.6) is 11.5 Å². The average molecular weight is 676 g/mol. The summed E-state index contributed by atoms with van der Waals surface area (Å²) in [6.07, 6.45) is 1.90. The Bertz CT molecular complexity index is 1750. The van der Waals surface area contributed by atoms with Crippen molar-refractivity contribution in [1.29, 1.82) is 0 Å². The van der Waals surface area contributed by atoms with E-state index in [4.69, 9.17) is 21.1 Å². The van der Waals surface area contributed by atoms with Gasteiger partial charge in [0.05, 0.1) is 10.6 Å². The number of benzene rings is 4. The van der Waals surface area contributed by atoms with Gasteiger partial charge in [0.2, 0.25) is 11.8 Å². The minimum atomic E-state index is -4.24. The molecule has 5 rings (SSSR count). The van der Waals surface area contributed by atoms with Gasteiger partial charge in [0.1, 0.15) is 25.8 Å². The number of hydrogen-bond acceptors (Lipinski definition) is 6. The van der Waals surface area contributed by atoms with Gasteiger partial charge in [-0.15, -0.1) is 0 Å². The highest BCUT2D eigenvalue weighted by Gasteiger charge is 2.35. The summed E-state index contributed by atoms with van der Waals surface area (Å²) in [5.41, 5.74) is 1.82. The lowest BCUT2D eigenvalue weighted by molar-refractivity contribution is -0.140. The number of ether oxygens (including phenoxy) is 2. The molecule has 1 aliphatic rings. The number of nitrogens with one attached hydrogen (secondary N) is 1. The van der Waals surface area contributed by atoms with Gasteiger partial charge in [0.25, 0.3) is 10.0 Å². The molecule has 1 N–H and O–H groups in total. The molecular weight excluding hydrogens is 638 g/mol. The Labute approximate surface area is 281 Å². The largest absolute Gasteiger partial charge is 0.486 e. The van der Waals surface area contributed by atoms with E-state index in [9.17, 15) is 18.0 Å². The van der Waals surface area contributed by atoms with E-state index in [1.807, 2.05) is 37.3 Å². The Morgan fingerprint density at radius 3 is 2.19 bits per heavy atom. The second kappa shape index (κ2) is 15.8. The van der Waals surface area contributed by atoms with Crippen molar-refractivity contribution in [2.75, 3.05) is 30.6 Å². The topological polar surface area (TPSA) is 105 Å². The van der Waals surface area contributed by atoms with Crippen LogP contribution in [-0.4, -0.2) is 57.5 Å². The minimum absolute atomic E-state index is 0.0186. The van der Waals surface area contributed by atoms with Gasteiger partial charge in [-0.3, -0.25) is 13.9 Å². The molecule has 1 aliphatic heterocycles. The number of sulfonamides is 1.